The predicted molar refractivity (Wildman–Crippen MR) is 144 cm³/mol. The summed E-state index contributed by atoms with van der Waals surface area (Å²) in [5.41, 5.74) is 0.362. The Morgan fingerprint density at radius 2 is 1.70 bits per heavy atom. The number of hydrogen-bond donors (Lipinski definition) is 1. The van der Waals surface area contributed by atoms with Gasteiger partial charge in [-0.1, -0.05) is 59.8 Å². The third-order valence-electron chi connectivity index (χ3n) is 9.15. The molecular formula is C32H32F3NO4. The van der Waals surface area contributed by atoms with Crippen LogP contribution in [0.15, 0.2) is 59.1 Å². The van der Waals surface area contributed by atoms with Crippen LogP contribution < -0.4 is 0 Å². The highest BCUT2D eigenvalue weighted by Crippen LogP contribution is 2.55. The first-order chi connectivity index (χ1) is 18.9. The first kappa shape index (κ1) is 26.8. The Hall–Kier alpha value is -3.39. The number of hydrogen-bond acceptors (Lipinski definition) is 4. The first-order valence-corrected chi connectivity index (χ1v) is 13.8. The summed E-state index contributed by atoms with van der Waals surface area (Å²) in [6.45, 7) is 3.89. The molecular weight excluding hydrogens is 519 g/mol. The molecule has 0 spiro atoms. The normalized spacial score (nSPS) is 25.0. The van der Waals surface area contributed by atoms with E-state index < -0.39 is 28.7 Å². The molecule has 1 N–H and O–H groups in total. The number of ether oxygens (including phenoxy) is 1. The van der Waals surface area contributed by atoms with E-state index >= 15 is 0 Å². The molecule has 210 valence electrons. The van der Waals surface area contributed by atoms with Crippen molar-refractivity contribution in [2.45, 2.75) is 75.5 Å². The number of rotatable bonds is 7. The fourth-order valence-corrected chi connectivity index (χ4v) is 6.13. The molecule has 3 heterocycles. The number of aromatic nitrogens is 1. The lowest BCUT2D eigenvalue weighted by Gasteiger charge is -2.52. The SMILES string of the molecule is CC(C)(C(=O)O)c1ccc(C23CCC(C=Cc4c(-c5ccccc5C(F)(F)F)noc4C4CC4)(CC2)CO3)cc1. The average molecular weight is 552 g/mol. The molecule has 7 rings (SSSR count). The molecule has 4 fully saturated rings. The topological polar surface area (TPSA) is 72.6 Å². The number of carbonyl (C=O) groups is 1. The fraction of sp³-hybridized carbons (Fsp3) is 0.438. The zero-order valence-electron chi connectivity index (χ0n) is 22.6. The van der Waals surface area contributed by atoms with E-state index in [1.54, 1.807) is 19.9 Å². The van der Waals surface area contributed by atoms with Crippen LogP contribution in [0.2, 0.25) is 0 Å². The van der Waals surface area contributed by atoms with Gasteiger partial charge in [0.2, 0.25) is 0 Å². The second kappa shape index (κ2) is 9.33. The van der Waals surface area contributed by atoms with Gasteiger partial charge in [-0.2, -0.15) is 13.2 Å². The smallest absolute Gasteiger partial charge is 0.417 e. The minimum Gasteiger partial charge on any atom is -0.481 e. The highest BCUT2D eigenvalue weighted by Gasteiger charge is 2.49. The summed E-state index contributed by atoms with van der Waals surface area (Å²) in [5.74, 6) is -0.0256. The predicted octanol–water partition coefficient (Wildman–Crippen LogP) is 8.10. The molecule has 40 heavy (non-hydrogen) atoms. The van der Waals surface area contributed by atoms with Crippen LogP contribution in [0.1, 0.15) is 86.3 Å². The van der Waals surface area contributed by atoms with Gasteiger partial charge in [0.15, 0.2) is 0 Å². The highest BCUT2D eigenvalue weighted by atomic mass is 19.4. The number of aliphatic carboxylic acids is 1. The summed E-state index contributed by atoms with van der Waals surface area (Å²) >= 11 is 0. The lowest BCUT2D eigenvalue weighted by atomic mass is 9.64. The van der Waals surface area contributed by atoms with Crippen LogP contribution in [0.5, 0.6) is 0 Å². The number of alkyl halides is 3. The van der Waals surface area contributed by atoms with Gasteiger partial charge in [0.25, 0.3) is 0 Å². The van der Waals surface area contributed by atoms with Crippen LogP contribution in [0.4, 0.5) is 13.2 Å². The molecule has 0 amide bonds. The van der Waals surface area contributed by atoms with Gasteiger partial charge in [-0.3, -0.25) is 4.79 Å². The second-order valence-electron chi connectivity index (χ2n) is 12.1. The van der Waals surface area contributed by atoms with E-state index in [1.165, 1.54) is 12.1 Å². The molecule has 1 aromatic heterocycles. The van der Waals surface area contributed by atoms with Gasteiger partial charge < -0.3 is 14.4 Å². The van der Waals surface area contributed by atoms with Gasteiger partial charge in [-0.25, -0.2) is 0 Å². The molecule has 5 nitrogen and oxygen atoms in total. The van der Waals surface area contributed by atoms with Crippen LogP contribution in [-0.2, 0) is 26.7 Å². The van der Waals surface area contributed by atoms with E-state index in [0.29, 0.717) is 17.9 Å². The molecule has 2 bridgehead atoms. The quantitative estimate of drug-likeness (QED) is 0.321. The van der Waals surface area contributed by atoms with Crippen molar-refractivity contribution in [3.05, 3.63) is 82.6 Å². The summed E-state index contributed by atoms with van der Waals surface area (Å²) in [7, 11) is 0. The minimum atomic E-state index is -4.50. The number of fused-ring (bicyclic) bond motifs is 3. The van der Waals surface area contributed by atoms with Gasteiger partial charge in [0, 0.05) is 22.5 Å². The molecule has 2 aliphatic heterocycles. The van der Waals surface area contributed by atoms with Crippen molar-refractivity contribution in [2.75, 3.05) is 6.61 Å². The molecule has 2 aromatic carbocycles. The van der Waals surface area contributed by atoms with Crippen molar-refractivity contribution in [3.63, 3.8) is 0 Å². The van der Waals surface area contributed by atoms with E-state index in [-0.39, 0.29) is 22.6 Å². The zero-order valence-corrected chi connectivity index (χ0v) is 22.6. The van der Waals surface area contributed by atoms with Gasteiger partial charge in [0.05, 0.1) is 23.2 Å². The summed E-state index contributed by atoms with van der Waals surface area (Å²) in [4.78, 5) is 11.6. The second-order valence-corrected chi connectivity index (χ2v) is 12.1. The standard InChI is InChI=1S/C32H32F3NO4/c1-29(2,28(37)38)21-9-11-22(12-10-21)31-17-15-30(16-18-31,19-39-31)14-13-24-26(36-40-27(24)20-7-8-20)23-5-3-4-6-25(23)32(33,34)35/h3-6,9-14,20H,7-8,15-19H2,1-2H3,(H,37,38). The van der Waals surface area contributed by atoms with Crippen molar-refractivity contribution in [1.29, 1.82) is 0 Å². The Bertz CT molecular complexity index is 1440. The Morgan fingerprint density at radius 3 is 2.27 bits per heavy atom. The number of nitrogens with zero attached hydrogens (tertiary/aromatic N) is 1. The van der Waals surface area contributed by atoms with E-state index in [4.69, 9.17) is 9.26 Å². The number of carboxylic acids is 1. The summed E-state index contributed by atoms with van der Waals surface area (Å²) in [6, 6.07) is 13.2. The monoisotopic (exact) mass is 551 g/mol. The van der Waals surface area contributed by atoms with E-state index in [2.05, 4.69) is 11.2 Å². The Kier molecular flexibility index (Phi) is 6.26. The minimum absolute atomic E-state index is 0.0277. The van der Waals surface area contributed by atoms with E-state index in [0.717, 1.165) is 55.7 Å². The van der Waals surface area contributed by atoms with Crippen molar-refractivity contribution in [3.8, 4) is 11.3 Å². The summed E-state index contributed by atoms with van der Waals surface area (Å²) in [6.07, 6.45) is 4.77. The number of carboxylic acid groups (broad SMARTS) is 1. The third kappa shape index (κ3) is 4.56. The average Bonchev–Trinajstić information content (AvgIpc) is 3.71. The fourth-order valence-electron chi connectivity index (χ4n) is 6.13. The lowest BCUT2D eigenvalue weighted by Crippen LogP contribution is -2.48. The molecule has 3 aromatic rings. The maximum atomic E-state index is 13.8. The van der Waals surface area contributed by atoms with Gasteiger partial charge in [0.1, 0.15) is 11.5 Å². The van der Waals surface area contributed by atoms with E-state index in [1.807, 2.05) is 30.3 Å². The van der Waals surface area contributed by atoms with Crippen LogP contribution in [0.3, 0.4) is 0 Å². The van der Waals surface area contributed by atoms with Crippen LogP contribution >= 0.6 is 0 Å². The molecule has 2 saturated heterocycles. The van der Waals surface area contributed by atoms with Gasteiger partial charge >= 0.3 is 12.1 Å². The van der Waals surface area contributed by atoms with Gasteiger partial charge in [-0.05, 0) is 69.6 Å². The molecule has 2 saturated carbocycles. The van der Waals surface area contributed by atoms with Gasteiger partial charge in [-0.15, -0.1) is 0 Å². The zero-order chi connectivity index (χ0) is 28.3. The molecule has 4 aliphatic rings. The molecule has 0 unspecified atom stereocenters. The van der Waals surface area contributed by atoms with Crippen molar-refractivity contribution >= 4 is 12.0 Å². The largest absolute Gasteiger partial charge is 0.481 e. The highest BCUT2D eigenvalue weighted by molar-refractivity contribution is 5.80. The van der Waals surface area contributed by atoms with Crippen molar-refractivity contribution < 1.29 is 32.3 Å². The van der Waals surface area contributed by atoms with Crippen molar-refractivity contribution in [1.82, 2.24) is 5.16 Å². The van der Waals surface area contributed by atoms with Crippen LogP contribution in [0.25, 0.3) is 17.3 Å². The number of halogens is 3. The molecule has 8 heteroatoms. The summed E-state index contributed by atoms with van der Waals surface area (Å²) in [5, 5.41) is 13.7. The summed E-state index contributed by atoms with van der Waals surface area (Å²) < 4.78 is 53.6. The maximum Gasteiger partial charge on any atom is 0.417 e. The number of benzene rings is 2. The Labute approximate surface area is 231 Å². The van der Waals surface area contributed by atoms with Crippen LogP contribution in [0, 0.1) is 5.41 Å². The maximum absolute atomic E-state index is 13.8. The van der Waals surface area contributed by atoms with Crippen molar-refractivity contribution in [2.24, 2.45) is 5.41 Å². The molecule has 0 atom stereocenters. The first-order valence-electron chi connectivity index (χ1n) is 13.8. The Morgan fingerprint density at radius 1 is 1.02 bits per heavy atom. The Balaban J connectivity index is 1.26. The third-order valence-corrected chi connectivity index (χ3v) is 9.15. The molecule has 0 radical (unpaired) electrons. The molecule has 2 aliphatic carbocycles. The lowest BCUT2D eigenvalue weighted by molar-refractivity contribution is -0.173. The van der Waals surface area contributed by atoms with E-state index in [9.17, 15) is 23.1 Å². The van der Waals surface area contributed by atoms with Crippen LogP contribution in [-0.4, -0.2) is 22.8 Å².